The number of hydrogen-bond acceptors (Lipinski definition) is 4. The van der Waals surface area contributed by atoms with Gasteiger partial charge in [-0.1, -0.05) is 12.1 Å². The highest BCUT2D eigenvalue weighted by molar-refractivity contribution is 5.91. The highest BCUT2D eigenvalue weighted by Gasteiger charge is 2.32. The predicted octanol–water partition coefficient (Wildman–Crippen LogP) is 5.08. The molecule has 1 aromatic heterocycles. The smallest absolute Gasteiger partial charge is 0.493 e. The molecule has 1 amide bonds. The molecule has 1 heterocycles. The van der Waals surface area contributed by atoms with E-state index in [1.54, 1.807) is 0 Å². The molecule has 0 atom stereocenters. The van der Waals surface area contributed by atoms with Gasteiger partial charge in [-0.25, -0.2) is 8.78 Å². The van der Waals surface area contributed by atoms with Crippen molar-refractivity contribution in [2.75, 3.05) is 11.9 Å². The average Bonchev–Trinajstić information content (AvgIpc) is 3.49. The minimum Gasteiger partial charge on any atom is -0.493 e. The second kappa shape index (κ2) is 9.70. The summed E-state index contributed by atoms with van der Waals surface area (Å²) in [5, 5.41) is 6.62. The molecule has 11 heteroatoms. The van der Waals surface area contributed by atoms with Gasteiger partial charge in [-0.2, -0.15) is 5.10 Å². The van der Waals surface area contributed by atoms with Gasteiger partial charge in [-0.15, -0.1) is 13.2 Å². The van der Waals surface area contributed by atoms with E-state index in [1.165, 1.54) is 35.1 Å². The Balaban J connectivity index is 1.40. The Morgan fingerprint density at radius 3 is 2.59 bits per heavy atom. The highest BCUT2D eigenvalue weighted by Crippen LogP contribution is 2.33. The number of amides is 1. The number of hydrogen-bond donors (Lipinski definition) is 1. The van der Waals surface area contributed by atoms with Crippen LogP contribution < -0.4 is 14.8 Å². The van der Waals surface area contributed by atoms with E-state index < -0.39 is 36.1 Å². The molecule has 1 N–H and O–H groups in total. The van der Waals surface area contributed by atoms with Gasteiger partial charge in [-0.3, -0.25) is 9.48 Å². The number of aromatic nitrogens is 2. The van der Waals surface area contributed by atoms with Crippen molar-refractivity contribution in [2.45, 2.75) is 32.2 Å². The maximum Gasteiger partial charge on any atom is 0.573 e. The van der Waals surface area contributed by atoms with Gasteiger partial charge in [0.25, 0.3) is 0 Å². The molecular weight excluding hydrogens is 461 g/mol. The molecule has 4 rings (SSSR count). The van der Waals surface area contributed by atoms with Gasteiger partial charge in [0.05, 0.1) is 19.6 Å². The molecule has 0 saturated heterocycles. The number of rotatable bonds is 9. The molecule has 1 fully saturated rings. The van der Waals surface area contributed by atoms with Crippen molar-refractivity contribution in [3.05, 3.63) is 71.4 Å². The summed E-state index contributed by atoms with van der Waals surface area (Å²) in [6, 6.07) is 8.87. The van der Waals surface area contributed by atoms with Gasteiger partial charge >= 0.3 is 6.36 Å². The number of ether oxygens (including phenoxy) is 2. The van der Waals surface area contributed by atoms with Crippen LogP contribution in [0.1, 0.15) is 24.0 Å². The largest absolute Gasteiger partial charge is 0.573 e. The van der Waals surface area contributed by atoms with E-state index in [1.807, 2.05) is 0 Å². The monoisotopic (exact) mass is 481 g/mol. The molecule has 1 saturated carbocycles. The molecule has 1 aliphatic carbocycles. The molecule has 6 nitrogen and oxygen atoms in total. The van der Waals surface area contributed by atoms with Crippen LogP contribution in [0.2, 0.25) is 0 Å². The second-order valence-corrected chi connectivity index (χ2v) is 7.94. The van der Waals surface area contributed by atoms with Crippen molar-refractivity contribution in [3.8, 4) is 11.5 Å². The molecule has 2 aromatic carbocycles. The summed E-state index contributed by atoms with van der Waals surface area (Å²) in [5.41, 5.74) is 0.479. The summed E-state index contributed by atoms with van der Waals surface area (Å²) in [7, 11) is 0. The molecule has 0 spiro atoms. The minimum atomic E-state index is -4.93. The molecule has 0 unspecified atom stereocenters. The molecule has 3 aromatic rings. The lowest BCUT2D eigenvalue weighted by Crippen LogP contribution is -2.20. The van der Waals surface area contributed by atoms with E-state index in [0.29, 0.717) is 18.1 Å². The maximum absolute atomic E-state index is 13.4. The highest BCUT2D eigenvalue weighted by atomic mass is 19.4. The lowest BCUT2D eigenvalue weighted by Gasteiger charge is -2.15. The minimum absolute atomic E-state index is 0.0230. The second-order valence-electron chi connectivity index (χ2n) is 7.94. The van der Waals surface area contributed by atoms with Gasteiger partial charge in [0.15, 0.2) is 17.5 Å². The quantitative estimate of drug-likeness (QED) is 0.433. The van der Waals surface area contributed by atoms with Crippen molar-refractivity contribution in [1.29, 1.82) is 0 Å². The Hall–Kier alpha value is -3.63. The third-order valence-corrected chi connectivity index (χ3v) is 5.03. The number of halogens is 5. The first-order chi connectivity index (χ1) is 16.1. The lowest BCUT2D eigenvalue weighted by molar-refractivity contribution is -0.274. The molecule has 0 aliphatic heterocycles. The Kier molecular flexibility index (Phi) is 6.71. The summed E-state index contributed by atoms with van der Waals surface area (Å²) in [6.07, 6.45) is -1.76. The topological polar surface area (TPSA) is 65.4 Å². The average molecular weight is 481 g/mol. The van der Waals surface area contributed by atoms with Crippen molar-refractivity contribution in [3.63, 3.8) is 0 Å². The van der Waals surface area contributed by atoms with Crippen molar-refractivity contribution in [2.24, 2.45) is 5.92 Å². The van der Waals surface area contributed by atoms with Crippen LogP contribution in [0.4, 0.5) is 27.8 Å². The number of anilines is 1. The number of alkyl halides is 3. The van der Waals surface area contributed by atoms with Gasteiger partial charge in [-0.05, 0) is 42.5 Å². The fourth-order valence-electron chi connectivity index (χ4n) is 3.19. The number of carbonyl (C=O) groups excluding carboxylic acids is 1. The molecule has 0 radical (unpaired) electrons. The summed E-state index contributed by atoms with van der Waals surface area (Å²) in [4.78, 5) is 12.4. The summed E-state index contributed by atoms with van der Waals surface area (Å²) >= 11 is 0. The Morgan fingerprint density at radius 1 is 1.09 bits per heavy atom. The summed E-state index contributed by atoms with van der Waals surface area (Å²) < 4.78 is 76.0. The lowest BCUT2D eigenvalue weighted by atomic mass is 10.1. The molecule has 1 aliphatic rings. The summed E-state index contributed by atoms with van der Waals surface area (Å²) in [5.74, 6) is -2.29. The summed E-state index contributed by atoms with van der Waals surface area (Å²) in [6.45, 7) is 0.539. The Morgan fingerprint density at radius 2 is 1.88 bits per heavy atom. The molecular formula is C23H20F5N3O3. The van der Waals surface area contributed by atoms with E-state index in [-0.39, 0.29) is 23.7 Å². The van der Waals surface area contributed by atoms with Crippen LogP contribution in [0.25, 0.3) is 0 Å². The van der Waals surface area contributed by atoms with E-state index in [4.69, 9.17) is 4.74 Å². The van der Waals surface area contributed by atoms with Gasteiger partial charge in [0.2, 0.25) is 5.91 Å². The van der Waals surface area contributed by atoms with Crippen molar-refractivity contribution < 1.29 is 36.2 Å². The number of benzene rings is 2. The van der Waals surface area contributed by atoms with Crippen molar-refractivity contribution in [1.82, 2.24) is 9.78 Å². The Bertz CT molecular complexity index is 1170. The SMILES string of the molecule is O=C(Cc1ccc(OCC2CC2)cc1OC(F)(F)F)Nc1ccn(Cc2ccc(F)c(F)c2)n1. The van der Waals surface area contributed by atoms with E-state index in [9.17, 15) is 26.7 Å². The molecule has 0 bridgehead atoms. The third kappa shape index (κ3) is 6.69. The molecule has 180 valence electrons. The Labute approximate surface area is 191 Å². The van der Waals surface area contributed by atoms with E-state index in [0.717, 1.165) is 31.0 Å². The van der Waals surface area contributed by atoms with E-state index in [2.05, 4.69) is 15.2 Å². The van der Waals surface area contributed by atoms with Gasteiger partial charge in [0, 0.05) is 23.9 Å². The van der Waals surface area contributed by atoms with Crippen LogP contribution in [-0.2, 0) is 17.8 Å². The normalized spacial score (nSPS) is 13.6. The first-order valence-corrected chi connectivity index (χ1v) is 10.4. The van der Waals surface area contributed by atoms with Crippen LogP contribution >= 0.6 is 0 Å². The van der Waals surface area contributed by atoms with Gasteiger partial charge in [0.1, 0.15) is 11.5 Å². The van der Waals surface area contributed by atoms with Crippen LogP contribution in [0.3, 0.4) is 0 Å². The first-order valence-electron chi connectivity index (χ1n) is 10.4. The zero-order valence-electron chi connectivity index (χ0n) is 17.7. The van der Waals surface area contributed by atoms with Crippen LogP contribution in [0, 0.1) is 17.6 Å². The predicted molar refractivity (Wildman–Crippen MR) is 111 cm³/mol. The standard InChI is InChI=1S/C23H20F5N3O3/c24-18-6-3-15(9-19(18)25)12-31-8-7-21(30-31)29-22(32)10-16-4-5-17(33-13-14-1-2-14)11-20(16)34-23(26,27)28/h3-9,11,14H,1-2,10,12-13H2,(H,29,30,32). The number of nitrogens with zero attached hydrogens (tertiary/aromatic N) is 2. The van der Waals surface area contributed by atoms with Crippen LogP contribution in [0.5, 0.6) is 11.5 Å². The fourth-order valence-corrected chi connectivity index (χ4v) is 3.19. The fraction of sp³-hybridized carbons (Fsp3) is 0.304. The first kappa shape index (κ1) is 23.5. The molecule has 34 heavy (non-hydrogen) atoms. The van der Waals surface area contributed by atoms with Crippen LogP contribution in [0.15, 0.2) is 48.7 Å². The number of carbonyl (C=O) groups is 1. The van der Waals surface area contributed by atoms with Gasteiger partial charge < -0.3 is 14.8 Å². The zero-order chi connectivity index (χ0) is 24.3. The number of nitrogens with one attached hydrogen (secondary N) is 1. The van der Waals surface area contributed by atoms with Crippen LogP contribution in [-0.4, -0.2) is 28.7 Å². The van der Waals surface area contributed by atoms with Crippen molar-refractivity contribution >= 4 is 11.7 Å². The maximum atomic E-state index is 13.4. The van der Waals surface area contributed by atoms with E-state index >= 15 is 0 Å². The zero-order valence-corrected chi connectivity index (χ0v) is 17.7. The third-order valence-electron chi connectivity index (χ3n) is 5.03.